The van der Waals surface area contributed by atoms with E-state index in [-0.39, 0.29) is 25.3 Å². The Morgan fingerprint density at radius 2 is 2.29 bits per heavy atom. The topological polar surface area (TPSA) is 40.5 Å². The van der Waals surface area contributed by atoms with Crippen LogP contribution in [0.3, 0.4) is 0 Å². The number of rotatable bonds is 5. The van der Waals surface area contributed by atoms with Crippen LogP contribution in [0.15, 0.2) is 30.9 Å². The van der Waals surface area contributed by atoms with Crippen LogP contribution in [0, 0.1) is 12.7 Å². The molecule has 1 aromatic carbocycles. The minimum Gasteiger partial charge on any atom is -0.395 e. The van der Waals surface area contributed by atoms with E-state index in [2.05, 4.69) is 6.58 Å². The molecule has 92 valence electrons. The third-order valence-electron chi connectivity index (χ3n) is 2.36. The first-order chi connectivity index (χ1) is 8.10. The van der Waals surface area contributed by atoms with Crippen molar-refractivity contribution in [3.8, 4) is 0 Å². The molecule has 1 rings (SSSR count). The highest BCUT2D eigenvalue weighted by molar-refractivity contribution is 5.94. The zero-order valence-corrected chi connectivity index (χ0v) is 9.82. The van der Waals surface area contributed by atoms with Crippen LogP contribution >= 0.6 is 0 Å². The number of benzene rings is 1. The number of amides is 1. The Kier molecular flexibility index (Phi) is 4.84. The number of hydrogen-bond acceptors (Lipinski definition) is 2. The van der Waals surface area contributed by atoms with Gasteiger partial charge in [0.25, 0.3) is 5.91 Å². The standard InChI is InChI=1S/C13H16FNO2/c1-3-6-15(7-8-16)13(17)11-9-10(2)4-5-12(11)14/h3-5,9,16H,1,6-8H2,2H3. The third kappa shape index (κ3) is 3.39. The van der Waals surface area contributed by atoms with Gasteiger partial charge in [-0.25, -0.2) is 4.39 Å². The first-order valence-electron chi connectivity index (χ1n) is 5.37. The molecule has 0 radical (unpaired) electrons. The summed E-state index contributed by atoms with van der Waals surface area (Å²) in [6.45, 7) is 5.61. The Bertz CT molecular complexity index is 418. The molecule has 0 fully saturated rings. The predicted molar refractivity (Wildman–Crippen MR) is 64.3 cm³/mol. The summed E-state index contributed by atoms with van der Waals surface area (Å²) in [5, 5.41) is 8.86. The maximum Gasteiger partial charge on any atom is 0.257 e. The highest BCUT2D eigenvalue weighted by Gasteiger charge is 2.17. The summed E-state index contributed by atoms with van der Waals surface area (Å²) < 4.78 is 13.5. The van der Waals surface area contributed by atoms with Gasteiger partial charge in [-0.3, -0.25) is 4.79 Å². The molecular weight excluding hydrogens is 221 g/mol. The molecule has 0 atom stereocenters. The van der Waals surface area contributed by atoms with Gasteiger partial charge in [0, 0.05) is 13.1 Å². The van der Waals surface area contributed by atoms with Gasteiger partial charge in [-0.15, -0.1) is 6.58 Å². The molecule has 3 nitrogen and oxygen atoms in total. The fourth-order valence-electron chi connectivity index (χ4n) is 1.53. The Morgan fingerprint density at radius 3 is 2.88 bits per heavy atom. The molecular formula is C13H16FNO2. The molecule has 0 spiro atoms. The van der Waals surface area contributed by atoms with Crippen molar-refractivity contribution in [1.82, 2.24) is 4.90 Å². The molecule has 0 bridgehead atoms. The zero-order chi connectivity index (χ0) is 12.8. The largest absolute Gasteiger partial charge is 0.395 e. The molecule has 0 aliphatic carbocycles. The predicted octanol–water partition coefficient (Wildman–Crippen LogP) is 1.75. The normalized spacial score (nSPS) is 10.1. The molecule has 4 heteroatoms. The Morgan fingerprint density at radius 1 is 1.59 bits per heavy atom. The lowest BCUT2D eigenvalue weighted by Gasteiger charge is -2.20. The number of aliphatic hydroxyl groups is 1. The molecule has 0 saturated heterocycles. The SMILES string of the molecule is C=CCN(CCO)C(=O)c1cc(C)ccc1F. The quantitative estimate of drug-likeness (QED) is 0.793. The van der Waals surface area contributed by atoms with Crippen molar-refractivity contribution in [1.29, 1.82) is 0 Å². The number of halogens is 1. The maximum atomic E-state index is 13.5. The molecule has 0 heterocycles. The molecule has 0 saturated carbocycles. The van der Waals surface area contributed by atoms with Crippen molar-refractivity contribution < 1.29 is 14.3 Å². The van der Waals surface area contributed by atoms with Crippen LogP contribution in [0.5, 0.6) is 0 Å². The fourth-order valence-corrected chi connectivity index (χ4v) is 1.53. The number of aliphatic hydroxyl groups excluding tert-OH is 1. The summed E-state index contributed by atoms with van der Waals surface area (Å²) in [4.78, 5) is 13.4. The van der Waals surface area contributed by atoms with E-state index in [1.807, 2.05) is 0 Å². The Labute approximate surface area is 100 Å². The average Bonchev–Trinajstić information content (AvgIpc) is 2.31. The van der Waals surface area contributed by atoms with E-state index in [4.69, 9.17) is 5.11 Å². The van der Waals surface area contributed by atoms with Crippen molar-refractivity contribution in [2.75, 3.05) is 19.7 Å². The van der Waals surface area contributed by atoms with Gasteiger partial charge in [0.15, 0.2) is 0 Å². The lowest BCUT2D eigenvalue weighted by atomic mass is 10.1. The fraction of sp³-hybridized carbons (Fsp3) is 0.308. The van der Waals surface area contributed by atoms with Crippen LogP contribution < -0.4 is 0 Å². The summed E-state index contributed by atoms with van der Waals surface area (Å²) in [6, 6.07) is 4.38. The van der Waals surface area contributed by atoms with Gasteiger partial charge in [0.05, 0.1) is 12.2 Å². The Balaban J connectivity index is 2.99. The van der Waals surface area contributed by atoms with Crippen LogP contribution in [-0.4, -0.2) is 35.6 Å². The highest BCUT2D eigenvalue weighted by Crippen LogP contribution is 2.12. The molecule has 1 amide bonds. The summed E-state index contributed by atoms with van der Waals surface area (Å²) in [6.07, 6.45) is 1.54. The van der Waals surface area contributed by atoms with Gasteiger partial charge in [-0.1, -0.05) is 17.7 Å². The van der Waals surface area contributed by atoms with Crippen molar-refractivity contribution in [2.45, 2.75) is 6.92 Å². The van der Waals surface area contributed by atoms with E-state index in [0.717, 1.165) is 5.56 Å². The van der Waals surface area contributed by atoms with E-state index in [1.54, 1.807) is 19.1 Å². The molecule has 0 aliphatic heterocycles. The van der Waals surface area contributed by atoms with Gasteiger partial charge in [-0.2, -0.15) is 0 Å². The van der Waals surface area contributed by atoms with E-state index < -0.39 is 11.7 Å². The van der Waals surface area contributed by atoms with Crippen molar-refractivity contribution in [3.63, 3.8) is 0 Å². The maximum absolute atomic E-state index is 13.5. The monoisotopic (exact) mass is 237 g/mol. The van der Waals surface area contributed by atoms with Crippen molar-refractivity contribution in [2.24, 2.45) is 0 Å². The van der Waals surface area contributed by atoms with Crippen LogP contribution in [0.1, 0.15) is 15.9 Å². The van der Waals surface area contributed by atoms with E-state index in [1.165, 1.54) is 17.0 Å². The second kappa shape index (κ2) is 6.15. The number of carbonyl (C=O) groups is 1. The molecule has 0 aromatic heterocycles. The zero-order valence-electron chi connectivity index (χ0n) is 9.82. The lowest BCUT2D eigenvalue weighted by Crippen LogP contribution is -2.34. The van der Waals surface area contributed by atoms with E-state index >= 15 is 0 Å². The summed E-state index contributed by atoms with van der Waals surface area (Å²) >= 11 is 0. The van der Waals surface area contributed by atoms with Gasteiger partial charge in [0.2, 0.25) is 0 Å². The number of carbonyl (C=O) groups excluding carboxylic acids is 1. The molecule has 0 unspecified atom stereocenters. The third-order valence-corrected chi connectivity index (χ3v) is 2.36. The molecule has 1 N–H and O–H groups in total. The molecule has 0 aliphatic rings. The van der Waals surface area contributed by atoms with Gasteiger partial charge in [0.1, 0.15) is 5.82 Å². The molecule has 1 aromatic rings. The lowest BCUT2D eigenvalue weighted by molar-refractivity contribution is 0.0738. The minimum atomic E-state index is -0.549. The number of nitrogens with zero attached hydrogens (tertiary/aromatic N) is 1. The second-order valence-corrected chi connectivity index (χ2v) is 3.75. The number of hydrogen-bond donors (Lipinski definition) is 1. The first kappa shape index (κ1) is 13.4. The smallest absolute Gasteiger partial charge is 0.257 e. The van der Waals surface area contributed by atoms with Gasteiger partial charge < -0.3 is 10.0 Å². The van der Waals surface area contributed by atoms with Crippen LogP contribution in [0.4, 0.5) is 4.39 Å². The van der Waals surface area contributed by atoms with E-state index in [0.29, 0.717) is 0 Å². The van der Waals surface area contributed by atoms with Crippen molar-refractivity contribution in [3.05, 3.63) is 47.8 Å². The van der Waals surface area contributed by atoms with E-state index in [9.17, 15) is 9.18 Å². The van der Waals surface area contributed by atoms with Crippen LogP contribution in [-0.2, 0) is 0 Å². The average molecular weight is 237 g/mol. The minimum absolute atomic E-state index is 0.0281. The second-order valence-electron chi connectivity index (χ2n) is 3.75. The van der Waals surface area contributed by atoms with Gasteiger partial charge in [-0.05, 0) is 19.1 Å². The molecule has 17 heavy (non-hydrogen) atoms. The van der Waals surface area contributed by atoms with Gasteiger partial charge >= 0.3 is 0 Å². The Hall–Kier alpha value is -1.68. The summed E-state index contributed by atoms with van der Waals surface area (Å²) in [5.74, 6) is -0.979. The summed E-state index contributed by atoms with van der Waals surface area (Å²) in [5.41, 5.74) is 0.845. The first-order valence-corrected chi connectivity index (χ1v) is 5.37. The van der Waals surface area contributed by atoms with Crippen LogP contribution in [0.25, 0.3) is 0 Å². The summed E-state index contributed by atoms with van der Waals surface area (Å²) in [7, 11) is 0. The highest BCUT2D eigenvalue weighted by atomic mass is 19.1. The van der Waals surface area contributed by atoms with Crippen LogP contribution in [0.2, 0.25) is 0 Å². The van der Waals surface area contributed by atoms with Crippen molar-refractivity contribution >= 4 is 5.91 Å². The number of aryl methyl sites for hydroxylation is 1.